The van der Waals surface area contributed by atoms with Crippen LogP contribution in [0.2, 0.25) is 0 Å². The van der Waals surface area contributed by atoms with E-state index in [0.717, 1.165) is 32.0 Å². The van der Waals surface area contributed by atoms with Crippen LogP contribution < -0.4 is 0 Å². The molecule has 2 aliphatic carbocycles. The number of nitrogens with zero attached hydrogens (tertiary/aromatic N) is 1. The minimum Gasteiger partial charge on any atom is -0.461 e. The molecule has 4 nitrogen and oxygen atoms in total. The maximum Gasteiger partial charge on any atom is 0.310 e. The first kappa shape index (κ1) is 19.4. The lowest BCUT2D eigenvalue weighted by molar-refractivity contribution is -0.149. The van der Waals surface area contributed by atoms with Crippen molar-refractivity contribution in [1.29, 1.82) is 0 Å². The van der Waals surface area contributed by atoms with Crippen LogP contribution in [0.15, 0.2) is 0 Å². The molecular weight excluding hydrogens is 350 g/mol. The molecular formula is C24H39NO3. The number of fused-ring (bicyclic) bond motifs is 5. The molecule has 0 aromatic heterocycles. The first-order chi connectivity index (χ1) is 13.2. The number of rotatable bonds is 2. The maximum atomic E-state index is 13.0. The van der Waals surface area contributed by atoms with Gasteiger partial charge in [-0.3, -0.25) is 4.79 Å². The molecule has 5 rings (SSSR count). The topological polar surface area (TPSA) is 42.1 Å². The van der Waals surface area contributed by atoms with Gasteiger partial charge in [0.05, 0.1) is 17.6 Å². The SMILES string of the molecule is C[C@@H]1CCN(C[C@@H]2C(=O)O[C@H]3[C@H]2C[C@@H](C)[C@@H]2CC[C@@]4(C)O[C@H]4[C@@H]23)CC(C)(C)C1. The number of carbonyl (C=O) groups is 1. The molecule has 0 bridgehead atoms. The molecule has 3 saturated heterocycles. The van der Waals surface area contributed by atoms with E-state index in [1.165, 1.54) is 25.7 Å². The predicted octanol–water partition coefficient (Wildman–Crippen LogP) is 4.13. The Hall–Kier alpha value is -0.610. The highest BCUT2D eigenvalue weighted by molar-refractivity contribution is 5.75. The van der Waals surface area contributed by atoms with E-state index in [1.54, 1.807) is 0 Å². The lowest BCUT2D eigenvalue weighted by atomic mass is 9.58. The molecule has 0 spiro atoms. The lowest BCUT2D eigenvalue weighted by Crippen LogP contribution is -2.49. The van der Waals surface area contributed by atoms with Gasteiger partial charge in [-0.15, -0.1) is 0 Å². The summed E-state index contributed by atoms with van der Waals surface area (Å²) in [5.41, 5.74) is 0.397. The molecule has 9 atom stereocenters. The van der Waals surface area contributed by atoms with Crippen molar-refractivity contribution in [2.75, 3.05) is 19.6 Å². The number of ether oxygens (including phenoxy) is 2. The van der Waals surface area contributed by atoms with Crippen molar-refractivity contribution < 1.29 is 14.3 Å². The summed E-state index contributed by atoms with van der Waals surface area (Å²) in [5.74, 6) is 3.08. The molecule has 0 unspecified atom stereocenters. The Morgan fingerprint density at radius 2 is 1.93 bits per heavy atom. The quantitative estimate of drug-likeness (QED) is 0.526. The molecule has 0 radical (unpaired) electrons. The van der Waals surface area contributed by atoms with Gasteiger partial charge in [-0.05, 0) is 68.7 Å². The summed E-state index contributed by atoms with van der Waals surface area (Å²) in [6.07, 6.45) is 6.52. The van der Waals surface area contributed by atoms with Gasteiger partial charge >= 0.3 is 5.97 Å². The molecule has 0 amide bonds. The monoisotopic (exact) mass is 389 g/mol. The van der Waals surface area contributed by atoms with Crippen LogP contribution in [0.4, 0.5) is 0 Å². The highest BCUT2D eigenvalue weighted by Crippen LogP contribution is 2.61. The molecule has 5 aliphatic rings. The van der Waals surface area contributed by atoms with Crippen LogP contribution in [-0.4, -0.2) is 48.3 Å². The van der Waals surface area contributed by atoms with Gasteiger partial charge in [0.25, 0.3) is 0 Å². The van der Waals surface area contributed by atoms with Crippen LogP contribution in [0.5, 0.6) is 0 Å². The second kappa shape index (κ2) is 6.44. The van der Waals surface area contributed by atoms with Crippen LogP contribution in [-0.2, 0) is 14.3 Å². The van der Waals surface area contributed by atoms with Gasteiger partial charge in [-0.25, -0.2) is 0 Å². The third-order valence-corrected chi connectivity index (χ3v) is 8.95. The van der Waals surface area contributed by atoms with Crippen LogP contribution in [0.1, 0.15) is 66.7 Å². The standard InChI is InChI=1S/C24H39NO3/c1-14-7-9-25(13-23(3,4)11-14)12-18-17-10-15(2)16-6-8-24(5)21(28-24)19(16)20(17)27-22(18)26/h14-21H,6-13H2,1-5H3/t14-,15-,16+,17+,18+,19+,20+,21+,24-/m1/s1. The Kier molecular flexibility index (Phi) is 4.45. The molecule has 4 heteroatoms. The van der Waals surface area contributed by atoms with Gasteiger partial charge in [0.1, 0.15) is 6.10 Å². The van der Waals surface area contributed by atoms with Crippen LogP contribution in [0.3, 0.4) is 0 Å². The van der Waals surface area contributed by atoms with Crippen LogP contribution in [0, 0.1) is 40.9 Å². The van der Waals surface area contributed by atoms with Crippen molar-refractivity contribution in [3.63, 3.8) is 0 Å². The van der Waals surface area contributed by atoms with E-state index < -0.39 is 0 Å². The van der Waals surface area contributed by atoms with Gasteiger partial charge in [-0.1, -0.05) is 27.7 Å². The summed E-state index contributed by atoms with van der Waals surface area (Å²) < 4.78 is 12.3. The van der Waals surface area contributed by atoms with E-state index in [0.29, 0.717) is 35.2 Å². The van der Waals surface area contributed by atoms with Crippen LogP contribution in [0.25, 0.3) is 0 Å². The van der Waals surface area contributed by atoms with Crippen molar-refractivity contribution in [2.24, 2.45) is 40.9 Å². The summed E-state index contributed by atoms with van der Waals surface area (Å²) in [4.78, 5) is 15.6. The van der Waals surface area contributed by atoms with E-state index in [-0.39, 0.29) is 23.6 Å². The average molecular weight is 390 g/mol. The Labute approximate surface area is 170 Å². The van der Waals surface area contributed by atoms with Gasteiger partial charge in [0.15, 0.2) is 0 Å². The number of epoxide rings is 1. The van der Waals surface area contributed by atoms with Crippen LogP contribution >= 0.6 is 0 Å². The van der Waals surface area contributed by atoms with E-state index in [2.05, 4.69) is 39.5 Å². The molecule has 3 heterocycles. The Balaban J connectivity index is 1.34. The first-order valence-corrected chi connectivity index (χ1v) is 11.8. The van der Waals surface area contributed by atoms with E-state index in [4.69, 9.17) is 9.47 Å². The third kappa shape index (κ3) is 3.14. The van der Waals surface area contributed by atoms with Crippen molar-refractivity contribution in [2.45, 2.75) is 84.5 Å². The number of likely N-dealkylation sites (tertiary alicyclic amines) is 1. The zero-order valence-electron chi connectivity index (χ0n) is 18.4. The highest BCUT2D eigenvalue weighted by Gasteiger charge is 2.67. The van der Waals surface area contributed by atoms with E-state index >= 15 is 0 Å². The molecule has 28 heavy (non-hydrogen) atoms. The number of hydrogen-bond acceptors (Lipinski definition) is 4. The summed E-state index contributed by atoms with van der Waals surface area (Å²) in [7, 11) is 0. The summed E-state index contributed by atoms with van der Waals surface area (Å²) in [5, 5.41) is 0. The minimum atomic E-state index is 0.0598. The largest absolute Gasteiger partial charge is 0.461 e. The van der Waals surface area contributed by atoms with Crippen molar-refractivity contribution in [3.05, 3.63) is 0 Å². The fourth-order valence-corrected chi connectivity index (χ4v) is 7.71. The summed E-state index contributed by atoms with van der Waals surface area (Å²) in [6.45, 7) is 14.9. The van der Waals surface area contributed by atoms with Gasteiger partial charge < -0.3 is 14.4 Å². The van der Waals surface area contributed by atoms with Crippen molar-refractivity contribution >= 4 is 5.97 Å². The number of esters is 1. The smallest absolute Gasteiger partial charge is 0.310 e. The minimum absolute atomic E-state index is 0.0598. The lowest BCUT2D eigenvalue weighted by Gasteiger charge is -2.45. The average Bonchev–Trinajstić information content (AvgIpc) is 3.23. The maximum absolute atomic E-state index is 13.0. The number of hydrogen-bond donors (Lipinski definition) is 0. The zero-order chi connectivity index (χ0) is 19.8. The Bertz CT molecular complexity index is 648. The van der Waals surface area contributed by atoms with Gasteiger partial charge in [0.2, 0.25) is 0 Å². The van der Waals surface area contributed by atoms with E-state index in [1.807, 2.05) is 0 Å². The fraction of sp³-hybridized carbons (Fsp3) is 0.958. The number of carbonyl (C=O) groups excluding carboxylic acids is 1. The fourth-order valence-electron chi connectivity index (χ4n) is 7.71. The highest BCUT2D eigenvalue weighted by atomic mass is 16.6. The van der Waals surface area contributed by atoms with Gasteiger partial charge in [0, 0.05) is 24.9 Å². The molecule has 0 aromatic carbocycles. The molecule has 2 saturated carbocycles. The molecule has 0 N–H and O–H groups in total. The zero-order valence-corrected chi connectivity index (χ0v) is 18.4. The summed E-state index contributed by atoms with van der Waals surface area (Å²) in [6, 6.07) is 0. The Morgan fingerprint density at radius 1 is 1.14 bits per heavy atom. The molecule has 3 aliphatic heterocycles. The third-order valence-electron chi connectivity index (χ3n) is 8.95. The second-order valence-electron chi connectivity index (χ2n) is 12.0. The molecule has 5 fully saturated rings. The van der Waals surface area contributed by atoms with Crippen molar-refractivity contribution in [1.82, 2.24) is 4.90 Å². The second-order valence-corrected chi connectivity index (χ2v) is 12.0. The normalized spacial score (nSPS) is 52.8. The predicted molar refractivity (Wildman–Crippen MR) is 109 cm³/mol. The molecule has 0 aromatic rings. The van der Waals surface area contributed by atoms with Crippen molar-refractivity contribution in [3.8, 4) is 0 Å². The summed E-state index contributed by atoms with van der Waals surface area (Å²) >= 11 is 0. The Morgan fingerprint density at radius 3 is 2.71 bits per heavy atom. The molecule has 158 valence electrons. The van der Waals surface area contributed by atoms with Gasteiger partial charge in [-0.2, -0.15) is 0 Å². The van der Waals surface area contributed by atoms with E-state index in [9.17, 15) is 4.79 Å². The first-order valence-electron chi connectivity index (χ1n) is 11.8.